The van der Waals surface area contributed by atoms with Crippen LogP contribution < -0.4 is 15.4 Å². The highest BCUT2D eigenvalue weighted by Crippen LogP contribution is 2.49. The molecule has 0 spiro atoms. The number of benzene rings is 1. The monoisotopic (exact) mass is 444 g/mol. The molecule has 2 N–H and O–H groups in total. The zero-order valence-corrected chi connectivity index (χ0v) is 17.0. The summed E-state index contributed by atoms with van der Waals surface area (Å²) in [5.41, 5.74) is -1.76. The molecule has 1 saturated carbocycles. The Kier molecular flexibility index (Phi) is 5.59. The Morgan fingerprint density at radius 3 is 2.39 bits per heavy atom. The third-order valence-electron chi connectivity index (χ3n) is 6.18. The lowest BCUT2D eigenvalue weighted by atomic mass is 9.87. The van der Waals surface area contributed by atoms with Gasteiger partial charge in [-0.3, -0.25) is 19.4 Å². The van der Waals surface area contributed by atoms with Crippen molar-refractivity contribution in [2.45, 2.75) is 43.1 Å². The summed E-state index contributed by atoms with van der Waals surface area (Å²) in [6.45, 7) is 1.10. The quantitative estimate of drug-likeness (QED) is 0.627. The van der Waals surface area contributed by atoms with E-state index in [1.165, 1.54) is 25.3 Å². The van der Waals surface area contributed by atoms with Crippen LogP contribution in [0.15, 0.2) is 18.2 Å². The third kappa shape index (κ3) is 4.62. The van der Waals surface area contributed by atoms with Gasteiger partial charge in [0.05, 0.1) is 20.2 Å². The SMILES string of the molecule is COc1cc(F)cc(NC(=O)CN2CC3CC(C2)N3CC(=O)NC2(C(F)(F)F)CC2)c1. The van der Waals surface area contributed by atoms with Crippen LogP contribution in [0.4, 0.5) is 23.2 Å². The Hall–Kier alpha value is -2.40. The number of anilines is 1. The molecule has 1 aromatic carbocycles. The van der Waals surface area contributed by atoms with Crippen molar-refractivity contribution in [1.82, 2.24) is 15.1 Å². The van der Waals surface area contributed by atoms with Crippen LogP contribution in [-0.4, -0.2) is 78.7 Å². The molecule has 5 rings (SSSR count). The molecule has 4 fully saturated rings. The molecule has 2 amide bonds. The van der Waals surface area contributed by atoms with Crippen LogP contribution in [0, 0.1) is 5.82 Å². The average Bonchev–Trinajstić information content (AvgIpc) is 3.46. The molecule has 2 unspecified atom stereocenters. The molecule has 11 heteroatoms. The minimum Gasteiger partial charge on any atom is -0.497 e. The standard InChI is InChI=1S/C20H24F4N4O3/c1-31-16-5-12(21)4-13(6-16)25-17(29)10-27-8-14-7-15(9-27)28(14)11-18(30)26-19(2-3-19)20(22,23)24/h4-6,14-15H,2-3,7-11H2,1H3,(H,25,29)(H,26,30). The number of alkyl halides is 3. The van der Waals surface area contributed by atoms with Gasteiger partial charge >= 0.3 is 6.18 Å². The minimum absolute atomic E-state index is 0.0209. The first-order valence-electron chi connectivity index (χ1n) is 10.1. The molecule has 3 saturated heterocycles. The maximum Gasteiger partial charge on any atom is 0.411 e. The van der Waals surface area contributed by atoms with Crippen molar-refractivity contribution in [3.8, 4) is 5.75 Å². The summed E-state index contributed by atoms with van der Waals surface area (Å²) in [5, 5.41) is 4.80. The fraction of sp³-hybridized carbons (Fsp3) is 0.600. The van der Waals surface area contributed by atoms with Gasteiger partial charge in [0.15, 0.2) is 0 Å². The van der Waals surface area contributed by atoms with Crippen molar-refractivity contribution in [2.75, 3.05) is 38.6 Å². The van der Waals surface area contributed by atoms with Crippen LogP contribution in [0.2, 0.25) is 0 Å². The third-order valence-corrected chi connectivity index (χ3v) is 6.18. The van der Waals surface area contributed by atoms with E-state index in [1.54, 1.807) is 0 Å². The molecule has 0 radical (unpaired) electrons. The van der Waals surface area contributed by atoms with E-state index >= 15 is 0 Å². The van der Waals surface area contributed by atoms with Gasteiger partial charge in [-0.05, 0) is 25.3 Å². The van der Waals surface area contributed by atoms with Gasteiger partial charge < -0.3 is 15.4 Å². The number of methoxy groups -OCH3 is 1. The Labute approximate surface area is 176 Å². The Morgan fingerprint density at radius 2 is 1.81 bits per heavy atom. The van der Waals surface area contributed by atoms with Gasteiger partial charge in [0.2, 0.25) is 11.8 Å². The fourth-order valence-electron chi connectivity index (χ4n) is 4.39. The summed E-state index contributed by atoms with van der Waals surface area (Å²) < 4.78 is 57.6. The number of hydrogen-bond donors (Lipinski definition) is 2. The van der Waals surface area contributed by atoms with Gasteiger partial charge in [0.25, 0.3) is 0 Å². The molecule has 31 heavy (non-hydrogen) atoms. The van der Waals surface area contributed by atoms with Crippen molar-refractivity contribution in [2.24, 2.45) is 0 Å². The summed E-state index contributed by atoms with van der Waals surface area (Å²) in [6, 6.07) is 3.96. The predicted octanol–water partition coefficient (Wildman–Crippen LogP) is 1.74. The molecule has 2 atom stereocenters. The Morgan fingerprint density at radius 1 is 1.13 bits per heavy atom. The molecular formula is C20H24F4N4O3. The highest BCUT2D eigenvalue weighted by molar-refractivity contribution is 5.92. The predicted molar refractivity (Wildman–Crippen MR) is 103 cm³/mol. The molecule has 3 heterocycles. The lowest BCUT2D eigenvalue weighted by Crippen LogP contribution is -2.70. The van der Waals surface area contributed by atoms with Gasteiger partial charge in [-0.25, -0.2) is 4.39 Å². The van der Waals surface area contributed by atoms with E-state index in [2.05, 4.69) is 10.6 Å². The second-order valence-electron chi connectivity index (χ2n) is 8.47. The zero-order chi connectivity index (χ0) is 22.4. The normalized spacial score (nSPS) is 24.8. The number of hydrogen-bond acceptors (Lipinski definition) is 5. The van der Waals surface area contributed by atoms with Gasteiger partial charge in [-0.15, -0.1) is 0 Å². The van der Waals surface area contributed by atoms with Crippen molar-refractivity contribution in [3.05, 3.63) is 24.0 Å². The van der Waals surface area contributed by atoms with E-state index in [0.717, 1.165) is 6.42 Å². The van der Waals surface area contributed by atoms with Crippen LogP contribution in [0.3, 0.4) is 0 Å². The first-order chi connectivity index (χ1) is 14.6. The smallest absolute Gasteiger partial charge is 0.411 e. The largest absolute Gasteiger partial charge is 0.497 e. The van der Waals surface area contributed by atoms with Gasteiger partial charge in [0.1, 0.15) is 17.1 Å². The molecule has 4 aliphatic rings. The molecule has 1 aliphatic carbocycles. The summed E-state index contributed by atoms with van der Waals surface area (Å²) in [6.07, 6.45) is -3.73. The number of ether oxygens (including phenoxy) is 1. The molecule has 7 nitrogen and oxygen atoms in total. The summed E-state index contributed by atoms with van der Waals surface area (Å²) in [7, 11) is 1.40. The number of amides is 2. The topological polar surface area (TPSA) is 73.9 Å². The minimum atomic E-state index is -4.43. The van der Waals surface area contributed by atoms with E-state index in [1.807, 2.05) is 9.80 Å². The summed E-state index contributed by atoms with van der Waals surface area (Å²) in [5.74, 6) is -1.15. The molecule has 170 valence electrons. The summed E-state index contributed by atoms with van der Waals surface area (Å²) >= 11 is 0. The number of piperazine rings is 1. The van der Waals surface area contributed by atoms with Gasteiger partial charge in [-0.2, -0.15) is 13.2 Å². The maximum absolute atomic E-state index is 13.6. The lowest BCUT2D eigenvalue weighted by Gasteiger charge is -2.56. The number of piperidine rings is 1. The molecule has 3 aliphatic heterocycles. The molecule has 1 aromatic rings. The van der Waals surface area contributed by atoms with E-state index in [0.29, 0.717) is 24.5 Å². The first-order valence-corrected chi connectivity index (χ1v) is 10.1. The number of carbonyl (C=O) groups excluding carboxylic acids is 2. The van der Waals surface area contributed by atoms with E-state index in [9.17, 15) is 27.2 Å². The number of halogens is 4. The van der Waals surface area contributed by atoms with Crippen molar-refractivity contribution >= 4 is 17.5 Å². The fourth-order valence-corrected chi connectivity index (χ4v) is 4.39. The Bertz CT molecular complexity index is 862. The van der Waals surface area contributed by atoms with E-state index in [4.69, 9.17) is 4.74 Å². The first kappa shape index (κ1) is 21.8. The zero-order valence-electron chi connectivity index (χ0n) is 17.0. The van der Waals surface area contributed by atoms with Crippen LogP contribution >= 0.6 is 0 Å². The highest BCUT2D eigenvalue weighted by atomic mass is 19.4. The number of rotatable bonds is 7. The number of nitrogens with one attached hydrogen (secondary N) is 2. The van der Waals surface area contributed by atoms with Crippen molar-refractivity contribution in [1.29, 1.82) is 0 Å². The van der Waals surface area contributed by atoms with Gasteiger partial charge in [0, 0.05) is 43.0 Å². The summed E-state index contributed by atoms with van der Waals surface area (Å²) in [4.78, 5) is 28.3. The molecule has 2 bridgehead atoms. The number of nitrogens with zero attached hydrogens (tertiary/aromatic N) is 2. The maximum atomic E-state index is 13.6. The van der Waals surface area contributed by atoms with Crippen LogP contribution in [0.25, 0.3) is 0 Å². The molecule has 0 aromatic heterocycles. The van der Waals surface area contributed by atoms with E-state index < -0.39 is 23.4 Å². The van der Waals surface area contributed by atoms with Crippen LogP contribution in [0.5, 0.6) is 5.75 Å². The average molecular weight is 444 g/mol. The van der Waals surface area contributed by atoms with Crippen LogP contribution in [-0.2, 0) is 9.59 Å². The number of carbonyl (C=O) groups is 2. The van der Waals surface area contributed by atoms with Crippen molar-refractivity contribution < 1.29 is 31.9 Å². The van der Waals surface area contributed by atoms with Crippen LogP contribution in [0.1, 0.15) is 19.3 Å². The number of fused-ring (bicyclic) bond motifs is 2. The highest BCUT2D eigenvalue weighted by Gasteiger charge is 2.64. The second kappa shape index (κ2) is 7.94. The van der Waals surface area contributed by atoms with Crippen molar-refractivity contribution in [3.63, 3.8) is 0 Å². The Balaban J connectivity index is 1.25. The van der Waals surface area contributed by atoms with E-state index in [-0.39, 0.29) is 43.9 Å². The second-order valence-corrected chi connectivity index (χ2v) is 8.47. The molecular weight excluding hydrogens is 420 g/mol. The van der Waals surface area contributed by atoms with Gasteiger partial charge in [-0.1, -0.05) is 0 Å². The lowest BCUT2D eigenvalue weighted by molar-refractivity contribution is -0.172.